The molecule has 0 fully saturated rings. The van der Waals surface area contributed by atoms with Crippen molar-refractivity contribution in [2.45, 2.75) is 12.1 Å². The fourth-order valence-electron chi connectivity index (χ4n) is 1.97. The number of thioether (sulfide) groups is 1. The average molecular weight is 346 g/mol. The summed E-state index contributed by atoms with van der Waals surface area (Å²) in [5, 5.41) is 8.57. The number of aryl methyl sites for hydroxylation is 1. The molecule has 0 bridgehead atoms. The summed E-state index contributed by atoms with van der Waals surface area (Å²) in [6.07, 6.45) is 0. The number of aromatic amines is 1. The van der Waals surface area contributed by atoms with Crippen LogP contribution < -0.4 is 4.74 Å². The van der Waals surface area contributed by atoms with Crippen molar-refractivity contribution in [3.63, 3.8) is 0 Å². The van der Waals surface area contributed by atoms with Crippen LogP contribution in [0.3, 0.4) is 0 Å². The maximum absolute atomic E-state index is 5.88. The topological polar surface area (TPSA) is 50.8 Å². The lowest BCUT2D eigenvalue weighted by Crippen LogP contribution is -2.00. The van der Waals surface area contributed by atoms with Crippen LogP contribution in [0, 0.1) is 6.92 Å². The van der Waals surface area contributed by atoms with Crippen LogP contribution in [0.5, 0.6) is 5.75 Å². The summed E-state index contributed by atoms with van der Waals surface area (Å²) >= 11 is 7.44. The minimum absolute atomic E-state index is 0.610. The van der Waals surface area contributed by atoms with Gasteiger partial charge in [-0.1, -0.05) is 41.1 Å². The van der Waals surface area contributed by atoms with Gasteiger partial charge in [-0.2, -0.15) is 0 Å². The molecule has 1 N–H and O–H groups in total. The van der Waals surface area contributed by atoms with Gasteiger partial charge in [-0.15, -0.1) is 5.10 Å². The maximum Gasteiger partial charge on any atom is 0.208 e. The summed E-state index contributed by atoms with van der Waals surface area (Å²) in [5.41, 5.74) is 2.19. The first kappa shape index (κ1) is 15.9. The van der Waals surface area contributed by atoms with Crippen LogP contribution in [-0.2, 0) is 0 Å². The molecule has 0 aliphatic carbocycles. The predicted octanol–water partition coefficient (Wildman–Crippen LogP) is 4.60. The lowest BCUT2D eigenvalue weighted by Gasteiger charge is -2.04. The molecule has 6 heteroatoms. The van der Waals surface area contributed by atoms with E-state index in [-0.39, 0.29) is 0 Å². The molecule has 0 saturated carbocycles. The molecule has 0 spiro atoms. The number of benzene rings is 2. The molecule has 0 aliphatic heterocycles. The third-order valence-corrected chi connectivity index (χ3v) is 4.25. The van der Waals surface area contributed by atoms with Crippen LogP contribution in [0.15, 0.2) is 53.7 Å². The van der Waals surface area contributed by atoms with E-state index in [9.17, 15) is 0 Å². The Bertz CT molecular complexity index is 756. The van der Waals surface area contributed by atoms with E-state index in [1.54, 1.807) is 11.8 Å². The molecule has 0 amide bonds. The molecule has 0 atom stereocenters. The van der Waals surface area contributed by atoms with Gasteiger partial charge in [0, 0.05) is 16.3 Å². The Balaban J connectivity index is 1.49. The van der Waals surface area contributed by atoms with Crippen molar-refractivity contribution in [2.24, 2.45) is 0 Å². The summed E-state index contributed by atoms with van der Waals surface area (Å²) in [6.45, 7) is 2.67. The second-order valence-corrected chi connectivity index (χ2v) is 6.48. The summed E-state index contributed by atoms with van der Waals surface area (Å²) < 4.78 is 5.69. The van der Waals surface area contributed by atoms with Gasteiger partial charge in [0.1, 0.15) is 5.75 Å². The molecule has 23 heavy (non-hydrogen) atoms. The first-order chi connectivity index (χ1) is 11.2. The summed E-state index contributed by atoms with van der Waals surface area (Å²) in [5.74, 6) is 2.41. The number of nitrogens with one attached hydrogen (secondary N) is 1. The number of rotatable bonds is 6. The first-order valence-corrected chi connectivity index (χ1v) is 8.58. The minimum atomic E-state index is 0.610. The van der Waals surface area contributed by atoms with E-state index < -0.39 is 0 Å². The van der Waals surface area contributed by atoms with Gasteiger partial charge in [0.25, 0.3) is 0 Å². The molecule has 4 nitrogen and oxygen atoms in total. The Hall–Kier alpha value is -1.98. The molecule has 2 aromatic carbocycles. The molecule has 3 rings (SSSR count). The fraction of sp³-hybridized carbons (Fsp3) is 0.176. The number of H-pyrrole nitrogens is 1. The van der Waals surface area contributed by atoms with Crippen LogP contribution in [0.25, 0.3) is 11.4 Å². The van der Waals surface area contributed by atoms with Gasteiger partial charge >= 0.3 is 0 Å². The van der Waals surface area contributed by atoms with Crippen LogP contribution in [-0.4, -0.2) is 27.5 Å². The van der Waals surface area contributed by atoms with Crippen molar-refractivity contribution < 1.29 is 4.74 Å². The zero-order chi connectivity index (χ0) is 16.1. The van der Waals surface area contributed by atoms with Gasteiger partial charge in [0.15, 0.2) is 5.82 Å². The third-order valence-electron chi connectivity index (χ3n) is 3.19. The Kier molecular flexibility index (Phi) is 5.20. The number of ether oxygens (including phenoxy) is 1. The van der Waals surface area contributed by atoms with Gasteiger partial charge in [0.2, 0.25) is 5.16 Å². The second-order valence-electron chi connectivity index (χ2n) is 4.98. The normalized spacial score (nSPS) is 10.7. The molecule has 3 aromatic rings. The molecule has 1 heterocycles. The lowest BCUT2D eigenvalue weighted by molar-refractivity contribution is 0.344. The van der Waals surface area contributed by atoms with E-state index in [4.69, 9.17) is 16.3 Å². The van der Waals surface area contributed by atoms with Gasteiger partial charge < -0.3 is 4.74 Å². The van der Waals surface area contributed by atoms with Gasteiger partial charge in [-0.25, -0.2) is 4.98 Å². The van der Waals surface area contributed by atoms with Gasteiger partial charge in [-0.05, 0) is 43.3 Å². The second kappa shape index (κ2) is 7.53. The molecule has 0 unspecified atom stereocenters. The quantitative estimate of drug-likeness (QED) is 0.523. The average Bonchev–Trinajstić information content (AvgIpc) is 3.03. The van der Waals surface area contributed by atoms with E-state index in [1.165, 1.54) is 5.56 Å². The highest BCUT2D eigenvalue weighted by Crippen LogP contribution is 2.21. The number of hydrogen-bond donors (Lipinski definition) is 1. The largest absolute Gasteiger partial charge is 0.493 e. The monoisotopic (exact) mass is 345 g/mol. The van der Waals surface area contributed by atoms with Gasteiger partial charge in [-0.3, -0.25) is 5.10 Å². The highest BCUT2D eigenvalue weighted by Gasteiger charge is 2.06. The number of halogens is 1. The predicted molar refractivity (Wildman–Crippen MR) is 94.2 cm³/mol. The Morgan fingerprint density at radius 3 is 2.57 bits per heavy atom. The van der Waals surface area contributed by atoms with Crippen molar-refractivity contribution in [3.8, 4) is 17.1 Å². The van der Waals surface area contributed by atoms with Crippen molar-refractivity contribution in [1.29, 1.82) is 0 Å². The van der Waals surface area contributed by atoms with Crippen molar-refractivity contribution in [1.82, 2.24) is 15.2 Å². The number of aromatic nitrogens is 3. The molecular weight excluding hydrogens is 330 g/mol. The van der Waals surface area contributed by atoms with E-state index >= 15 is 0 Å². The van der Waals surface area contributed by atoms with Crippen molar-refractivity contribution in [3.05, 3.63) is 59.1 Å². The molecule has 0 saturated heterocycles. The minimum Gasteiger partial charge on any atom is -0.493 e. The van der Waals surface area contributed by atoms with Crippen LogP contribution in [0.4, 0.5) is 0 Å². The summed E-state index contributed by atoms with van der Waals surface area (Å²) in [6, 6.07) is 15.5. The van der Waals surface area contributed by atoms with Crippen molar-refractivity contribution in [2.75, 3.05) is 12.4 Å². The Morgan fingerprint density at radius 2 is 1.83 bits per heavy atom. The van der Waals surface area contributed by atoms with E-state index in [0.29, 0.717) is 16.8 Å². The first-order valence-electron chi connectivity index (χ1n) is 7.21. The van der Waals surface area contributed by atoms with E-state index in [0.717, 1.165) is 22.9 Å². The number of hydrogen-bond acceptors (Lipinski definition) is 4. The zero-order valence-corrected chi connectivity index (χ0v) is 14.2. The van der Waals surface area contributed by atoms with Gasteiger partial charge in [0.05, 0.1) is 6.61 Å². The third kappa shape index (κ3) is 4.50. The van der Waals surface area contributed by atoms with E-state index in [1.807, 2.05) is 48.5 Å². The smallest absolute Gasteiger partial charge is 0.208 e. The Morgan fingerprint density at radius 1 is 1.09 bits per heavy atom. The fourth-order valence-corrected chi connectivity index (χ4v) is 2.72. The van der Waals surface area contributed by atoms with Crippen molar-refractivity contribution >= 4 is 23.4 Å². The summed E-state index contributed by atoms with van der Waals surface area (Å²) in [7, 11) is 0. The molecule has 1 aromatic heterocycles. The SMILES string of the molecule is Cc1ccc(OCCSc2n[nH]c(-c3ccc(Cl)cc3)n2)cc1. The highest BCUT2D eigenvalue weighted by atomic mass is 35.5. The Labute approximate surface area is 144 Å². The molecular formula is C17H16ClN3OS. The van der Waals surface area contributed by atoms with Crippen LogP contribution in [0.1, 0.15) is 5.56 Å². The zero-order valence-electron chi connectivity index (χ0n) is 12.6. The highest BCUT2D eigenvalue weighted by molar-refractivity contribution is 7.99. The van der Waals surface area contributed by atoms with Crippen LogP contribution >= 0.6 is 23.4 Å². The molecule has 118 valence electrons. The van der Waals surface area contributed by atoms with Crippen LogP contribution in [0.2, 0.25) is 5.02 Å². The number of nitrogens with zero attached hydrogens (tertiary/aromatic N) is 2. The summed E-state index contributed by atoms with van der Waals surface area (Å²) in [4.78, 5) is 4.46. The van der Waals surface area contributed by atoms with E-state index in [2.05, 4.69) is 22.1 Å². The lowest BCUT2D eigenvalue weighted by atomic mass is 10.2. The molecule has 0 radical (unpaired) electrons. The standard InChI is InChI=1S/C17H16ClN3OS/c1-12-2-8-15(9-3-12)22-10-11-23-17-19-16(20-21-17)13-4-6-14(18)7-5-13/h2-9H,10-11H2,1H3,(H,19,20,21). The molecule has 0 aliphatic rings. The maximum atomic E-state index is 5.88.